The number of hydrogen-bond acceptors (Lipinski definition) is 6. The molecule has 0 aliphatic carbocycles. The van der Waals surface area contributed by atoms with Gasteiger partial charge in [0.1, 0.15) is 10.8 Å². The molecule has 0 atom stereocenters. The van der Waals surface area contributed by atoms with Gasteiger partial charge in [-0.15, -0.1) is 10.2 Å². The molecule has 0 radical (unpaired) electrons. The lowest BCUT2D eigenvalue weighted by Gasteiger charge is -1.96. The molecule has 2 aromatic rings. The Morgan fingerprint density at radius 2 is 2.40 bits per heavy atom. The molecule has 6 heteroatoms. The van der Waals surface area contributed by atoms with Gasteiger partial charge in [-0.1, -0.05) is 11.3 Å². The summed E-state index contributed by atoms with van der Waals surface area (Å²) >= 11 is 1.52. The fraction of sp³-hybridized carbons (Fsp3) is 0.333. The topological polar surface area (TPSA) is 77.0 Å². The molecular formula is C9H12N4OS. The van der Waals surface area contributed by atoms with E-state index in [9.17, 15) is 0 Å². The first-order valence-corrected chi connectivity index (χ1v) is 5.49. The van der Waals surface area contributed by atoms with Crippen LogP contribution in [-0.4, -0.2) is 16.7 Å². The second kappa shape index (κ2) is 4.90. The number of anilines is 1. The molecule has 0 bridgehead atoms. The average Bonchev–Trinajstić information content (AvgIpc) is 2.85. The van der Waals surface area contributed by atoms with Gasteiger partial charge in [-0.2, -0.15) is 0 Å². The van der Waals surface area contributed by atoms with Crippen molar-refractivity contribution in [3.05, 3.63) is 29.2 Å². The summed E-state index contributed by atoms with van der Waals surface area (Å²) in [6.45, 7) is 1.23. The SMILES string of the molecule is NCCc1nnc(NCc2ccco2)s1. The molecule has 5 nitrogen and oxygen atoms in total. The van der Waals surface area contributed by atoms with E-state index in [-0.39, 0.29) is 0 Å². The van der Waals surface area contributed by atoms with Crippen molar-refractivity contribution < 1.29 is 4.42 Å². The minimum absolute atomic E-state index is 0.604. The van der Waals surface area contributed by atoms with Gasteiger partial charge >= 0.3 is 0 Å². The van der Waals surface area contributed by atoms with Crippen molar-refractivity contribution >= 4 is 16.5 Å². The Balaban J connectivity index is 1.88. The van der Waals surface area contributed by atoms with E-state index in [1.165, 1.54) is 11.3 Å². The monoisotopic (exact) mass is 224 g/mol. The van der Waals surface area contributed by atoms with Gasteiger partial charge in [0.25, 0.3) is 0 Å². The van der Waals surface area contributed by atoms with Crippen LogP contribution in [0.25, 0.3) is 0 Å². The van der Waals surface area contributed by atoms with Crippen LogP contribution < -0.4 is 11.1 Å². The molecule has 2 aromatic heterocycles. The van der Waals surface area contributed by atoms with Gasteiger partial charge < -0.3 is 15.5 Å². The van der Waals surface area contributed by atoms with Crippen LogP contribution in [0.3, 0.4) is 0 Å². The lowest BCUT2D eigenvalue weighted by atomic mass is 10.4. The minimum Gasteiger partial charge on any atom is -0.467 e. The molecule has 0 saturated carbocycles. The molecule has 0 aliphatic heterocycles. The fourth-order valence-electron chi connectivity index (χ4n) is 1.13. The van der Waals surface area contributed by atoms with Crippen molar-refractivity contribution in [3.8, 4) is 0 Å². The van der Waals surface area contributed by atoms with E-state index in [0.29, 0.717) is 13.1 Å². The summed E-state index contributed by atoms with van der Waals surface area (Å²) in [6.07, 6.45) is 2.43. The Labute approximate surface area is 91.3 Å². The first-order chi connectivity index (χ1) is 7.38. The van der Waals surface area contributed by atoms with Crippen molar-refractivity contribution in [1.29, 1.82) is 0 Å². The summed E-state index contributed by atoms with van der Waals surface area (Å²) < 4.78 is 5.18. The quantitative estimate of drug-likeness (QED) is 0.799. The number of aromatic nitrogens is 2. The Morgan fingerprint density at radius 3 is 3.13 bits per heavy atom. The first kappa shape index (κ1) is 10.1. The zero-order valence-corrected chi connectivity index (χ0v) is 8.96. The number of hydrogen-bond donors (Lipinski definition) is 2. The maximum atomic E-state index is 5.42. The summed E-state index contributed by atoms with van der Waals surface area (Å²) in [5.41, 5.74) is 5.42. The van der Waals surface area contributed by atoms with Crippen molar-refractivity contribution in [2.75, 3.05) is 11.9 Å². The molecule has 0 saturated heterocycles. The van der Waals surface area contributed by atoms with E-state index in [2.05, 4.69) is 15.5 Å². The van der Waals surface area contributed by atoms with E-state index >= 15 is 0 Å². The van der Waals surface area contributed by atoms with Crippen LogP contribution in [0.1, 0.15) is 10.8 Å². The zero-order chi connectivity index (χ0) is 10.5. The van der Waals surface area contributed by atoms with E-state index in [1.54, 1.807) is 6.26 Å². The molecule has 0 unspecified atom stereocenters. The fourth-order valence-corrected chi connectivity index (χ4v) is 1.88. The average molecular weight is 224 g/mol. The molecule has 2 heterocycles. The Hall–Kier alpha value is -1.40. The van der Waals surface area contributed by atoms with E-state index < -0.39 is 0 Å². The molecule has 0 aliphatic rings. The summed E-state index contributed by atoms with van der Waals surface area (Å²) in [7, 11) is 0. The standard InChI is InChI=1S/C9H12N4OS/c10-4-3-8-12-13-9(15-8)11-6-7-2-1-5-14-7/h1-2,5H,3-4,6,10H2,(H,11,13). The highest BCUT2D eigenvalue weighted by Crippen LogP contribution is 2.16. The maximum Gasteiger partial charge on any atom is 0.206 e. The molecule has 0 amide bonds. The molecule has 15 heavy (non-hydrogen) atoms. The number of nitrogens with zero attached hydrogens (tertiary/aromatic N) is 2. The highest BCUT2D eigenvalue weighted by molar-refractivity contribution is 7.15. The van der Waals surface area contributed by atoms with Crippen LogP contribution >= 0.6 is 11.3 Å². The number of nitrogens with two attached hydrogens (primary N) is 1. The largest absolute Gasteiger partial charge is 0.467 e. The third-order valence-corrected chi connectivity index (χ3v) is 2.76. The second-order valence-corrected chi connectivity index (χ2v) is 4.03. The van der Waals surface area contributed by atoms with Crippen molar-refractivity contribution in [2.24, 2.45) is 5.73 Å². The van der Waals surface area contributed by atoms with Crippen LogP contribution in [-0.2, 0) is 13.0 Å². The molecule has 0 fully saturated rings. The van der Waals surface area contributed by atoms with Gasteiger partial charge in [0.05, 0.1) is 12.8 Å². The van der Waals surface area contributed by atoms with Crippen molar-refractivity contribution in [3.63, 3.8) is 0 Å². The summed E-state index contributed by atoms with van der Waals surface area (Å²) in [6, 6.07) is 3.77. The van der Waals surface area contributed by atoms with Gasteiger partial charge in [-0.05, 0) is 18.7 Å². The third kappa shape index (κ3) is 2.77. The summed E-state index contributed by atoms with van der Waals surface area (Å²) in [5, 5.41) is 12.9. The van der Waals surface area contributed by atoms with E-state index in [0.717, 1.165) is 22.3 Å². The van der Waals surface area contributed by atoms with Crippen LogP contribution in [0, 0.1) is 0 Å². The normalized spacial score (nSPS) is 10.5. The maximum absolute atomic E-state index is 5.42. The first-order valence-electron chi connectivity index (χ1n) is 4.67. The minimum atomic E-state index is 0.604. The van der Waals surface area contributed by atoms with E-state index in [4.69, 9.17) is 10.2 Å². The van der Waals surface area contributed by atoms with Crippen molar-refractivity contribution in [1.82, 2.24) is 10.2 Å². The predicted molar refractivity (Wildman–Crippen MR) is 58.7 cm³/mol. The molecule has 0 spiro atoms. The molecule has 2 rings (SSSR count). The van der Waals surface area contributed by atoms with Gasteiger partial charge in [0, 0.05) is 6.42 Å². The molecule has 80 valence electrons. The smallest absolute Gasteiger partial charge is 0.206 e. The summed E-state index contributed by atoms with van der Waals surface area (Å²) in [5.74, 6) is 0.880. The Kier molecular flexibility index (Phi) is 3.31. The molecular weight excluding hydrogens is 212 g/mol. The van der Waals surface area contributed by atoms with Crippen LogP contribution in [0.15, 0.2) is 22.8 Å². The van der Waals surface area contributed by atoms with Crippen LogP contribution in [0.5, 0.6) is 0 Å². The third-order valence-electron chi connectivity index (χ3n) is 1.82. The second-order valence-electron chi connectivity index (χ2n) is 2.97. The Morgan fingerprint density at radius 1 is 1.47 bits per heavy atom. The molecule has 0 aromatic carbocycles. The van der Waals surface area contributed by atoms with Crippen LogP contribution in [0.2, 0.25) is 0 Å². The van der Waals surface area contributed by atoms with Gasteiger partial charge in [-0.3, -0.25) is 0 Å². The lowest BCUT2D eigenvalue weighted by Crippen LogP contribution is -2.01. The number of furan rings is 1. The highest BCUT2D eigenvalue weighted by atomic mass is 32.1. The Bertz CT molecular complexity index is 398. The van der Waals surface area contributed by atoms with Gasteiger partial charge in [0.2, 0.25) is 5.13 Å². The zero-order valence-electron chi connectivity index (χ0n) is 8.14. The van der Waals surface area contributed by atoms with Crippen molar-refractivity contribution in [2.45, 2.75) is 13.0 Å². The van der Waals surface area contributed by atoms with Crippen LogP contribution in [0.4, 0.5) is 5.13 Å². The predicted octanol–water partition coefficient (Wildman–Crippen LogP) is 1.24. The highest BCUT2D eigenvalue weighted by Gasteiger charge is 2.03. The van der Waals surface area contributed by atoms with Gasteiger partial charge in [0.15, 0.2) is 0 Å². The number of nitrogens with one attached hydrogen (secondary N) is 1. The molecule has 3 N–H and O–H groups in total. The number of rotatable bonds is 5. The van der Waals surface area contributed by atoms with E-state index in [1.807, 2.05) is 12.1 Å². The lowest BCUT2D eigenvalue weighted by molar-refractivity contribution is 0.518. The van der Waals surface area contributed by atoms with Gasteiger partial charge in [-0.25, -0.2) is 0 Å². The summed E-state index contributed by atoms with van der Waals surface area (Å²) in [4.78, 5) is 0.